The highest BCUT2D eigenvalue weighted by molar-refractivity contribution is 5.81. The number of carbonyl (C=O) groups is 1. The van der Waals surface area contributed by atoms with Gasteiger partial charge in [-0.2, -0.15) is 0 Å². The summed E-state index contributed by atoms with van der Waals surface area (Å²) in [6, 6.07) is 3.94. The van der Waals surface area contributed by atoms with E-state index in [1.54, 1.807) is 0 Å². The quantitative estimate of drug-likeness (QED) is 0.764. The van der Waals surface area contributed by atoms with Crippen LogP contribution in [0.4, 0.5) is 0 Å². The lowest BCUT2D eigenvalue weighted by molar-refractivity contribution is -0.129. The summed E-state index contributed by atoms with van der Waals surface area (Å²) in [4.78, 5) is 11.7. The van der Waals surface area contributed by atoms with Crippen molar-refractivity contribution in [3.05, 3.63) is 24.0 Å². The normalized spacial score (nSPS) is 11.5. The van der Waals surface area contributed by atoms with Crippen LogP contribution in [0.25, 0.3) is 0 Å². The fraction of sp³-hybridized carbons (Fsp3) is 0.545. The van der Waals surface area contributed by atoms with Crippen LogP contribution >= 0.6 is 0 Å². The molecule has 0 aliphatic heterocycles. The molecule has 15 heavy (non-hydrogen) atoms. The van der Waals surface area contributed by atoms with Crippen molar-refractivity contribution in [1.29, 1.82) is 0 Å². The molecule has 0 radical (unpaired) electrons. The Kier molecular flexibility index (Phi) is 3.52. The topological polar surface area (TPSA) is 60.0 Å². The lowest BCUT2D eigenvalue weighted by Crippen LogP contribution is -2.41. The standard InChI is InChI=1S/C11H19N3O/c1-11(2,8-12)10(15)13-7-9-5-4-6-14(9)3/h4-6H,7-8,12H2,1-3H3,(H,13,15). The van der Waals surface area contributed by atoms with Crippen LogP contribution in [0, 0.1) is 5.41 Å². The number of hydrogen-bond acceptors (Lipinski definition) is 2. The van der Waals surface area contributed by atoms with E-state index in [4.69, 9.17) is 5.73 Å². The first-order chi connectivity index (χ1) is 6.97. The Labute approximate surface area is 90.5 Å². The number of nitrogens with one attached hydrogen (secondary N) is 1. The molecule has 4 heteroatoms. The van der Waals surface area contributed by atoms with Crippen molar-refractivity contribution in [3.63, 3.8) is 0 Å². The second-order valence-electron chi connectivity index (χ2n) is 4.38. The second kappa shape index (κ2) is 4.49. The van der Waals surface area contributed by atoms with Gasteiger partial charge in [0.1, 0.15) is 0 Å². The van der Waals surface area contributed by atoms with Gasteiger partial charge in [-0.3, -0.25) is 4.79 Å². The summed E-state index contributed by atoms with van der Waals surface area (Å²) in [5.41, 5.74) is 6.10. The summed E-state index contributed by atoms with van der Waals surface area (Å²) in [7, 11) is 1.95. The Balaban J connectivity index is 2.52. The first-order valence-electron chi connectivity index (χ1n) is 5.06. The summed E-state index contributed by atoms with van der Waals surface area (Å²) in [5, 5.41) is 2.88. The van der Waals surface area contributed by atoms with E-state index in [1.807, 2.05) is 43.8 Å². The number of amides is 1. The molecule has 1 heterocycles. The molecule has 1 rings (SSSR count). The maximum absolute atomic E-state index is 11.7. The van der Waals surface area contributed by atoms with Gasteiger partial charge in [0, 0.05) is 25.5 Å². The van der Waals surface area contributed by atoms with Crippen LogP contribution in [-0.4, -0.2) is 17.0 Å². The van der Waals surface area contributed by atoms with E-state index in [0.717, 1.165) is 5.69 Å². The molecule has 0 aliphatic carbocycles. The van der Waals surface area contributed by atoms with Crippen LogP contribution in [0.1, 0.15) is 19.5 Å². The summed E-state index contributed by atoms with van der Waals surface area (Å²) >= 11 is 0. The summed E-state index contributed by atoms with van der Waals surface area (Å²) < 4.78 is 1.98. The number of nitrogens with zero attached hydrogens (tertiary/aromatic N) is 1. The largest absolute Gasteiger partial charge is 0.353 e. The third-order valence-electron chi connectivity index (χ3n) is 2.61. The zero-order chi connectivity index (χ0) is 11.5. The van der Waals surface area contributed by atoms with Gasteiger partial charge in [-0.1, -0.05) is 0 Å². The molecule has 4 nitrogen and oxygen atoms in total. The third kappa shape index (κ3) is 2.83. The van der Waals surface area contributed by atoms with Crippen molar-refractivity contribution < 1.29 is 4.79 Å². The van der Waals surface area contributed by atoms with E-state index < -0.39 is 5.41 Å². The van der Waals surface area contributed by atoms with Crippen molar-refractivity contribution in [2.45, 2.75) is 20.4 Å². The number of carbonyl (C=O) groups excluding carboxylic acids is 1. The van der Waals surface area contributed by atoms with Gasteiger partial charge >= 0.3 is 0 Å². The minimum Gasteiger partial charge on any atom is -0.353 e. The van der Waals surface area contributed by atoms with Gasteiger partial charge in [-0.25, -0.2) is 0 Å². The highest BCUT2D eigenvalue weighted by Gasteiger charge is 2.25. The molecule has 1 aromatic heterocycles. The molecule has 3 N–H and O–H groups in total. The molecule has 1 amide bonds. The van der Waals surface area contributed by atoms with E-state index in [-0.39, 0.29) is 5.91 Å². The minimum atomic E-state index is -0.495. The lowest BCUT2D eigenvalue weighted by atomic mass is 9.93. The fourth-order valence-electron chi connectivity index (χ4n) is 1.18. The molecule has 84 valence electrons. The smallest absolute Gasteiger partial charge is 0.227 e. The van der Waals surface area contributed by atoms with Gasteiger partial charge in [0.2, 0.25) is 5.91 Å². The number of rotatable bonds is 4. The summed E-state index contributed by atoms with van der Waals surface area (Å²) in [5.74, 6) is -0.00815. The molecular formula is C11H19N3O. The highest BCUT2D eigenvalue weighted by Crippen LogP contribution is 2.12. The zero-order valence-corrected chi connectivity index (χ0v) is 9.58. The van der Waals surface area contributed by atoms with Gasteiger partial charge in [0.25, 0.3) is 0 Å². The highest BCUT2D eigenvalue weighted by atomic mass is 16.2. The van der Waals surface area contributed by atoms with Gasteiger partial charge < -0.3 is 15.6 Å². The predicted octanol–water partition coefficient (Wildman–Crippen LogP) is 0.626. The van der Waals surface area contributed by atoms with Crippen molar-refractivity contribution in [2.75, 3.05) is 6.54 Å². The Bertz CT molecular complexity index is 341. The molecule has 0 atom stereocenters. The Morgan fingerprint density at radius 3 is 2.73 bits per heavy atom. The van der Waals surface area contributed by atoms with Crippen molar-refractivity contribution in [2.24, 2.45) is 18.2 Å². The predicted molar refractivity (Wildman–Crippen MR) is 60.1 cm³/mol. The van der Waals surface area contributed by atoms with Crippen molar-refractivity contribution in [1.82, 2.24) is 9.88 Å². The van der Waals surface area contributed by atoms with Gasteiger partial charge in [-0.15, -0.1) is 0 Å². The summed E-state index contributed by atoms with van der Waals surface area (Å²) in [6.07, 6.45) is 1.95. The Hall–Kier alpha value is -1.29. The van der Waals surface area contributed by atoms with E-state index in [9.17, 15) is 4.79 Å². The Morgan fingerprint density at radius 1 is 1.60 bits per heavy atom. The molecule has 0 unspecified atom stereocenters. The Morgan fingerprint density at radius 2 is 2.27 bits per heavy atom. The molecule has 0 aliphatic rings. The zero-order valence-electron chi connectivity index (χ0n) is 9.58. The minimum absolute atomic E-state index is 0.00815. The summed E-state index contributed by atoms with van der Waals surface area (Å²) in [6.45, 7) is 4.58. The van der Waals surface area contributed by atoms with Crippen LogP contribution in [0.15, 0.2) is 18.3 Å². The van der Waals surface area contributed by atoms with Crippen LogP contribution in [0.2, 0.25) is 0 Å². The van der Waals surface area contributed by atoms with Crippen LogP contribution in [-0.2, 0) is 18.4 Å². The van der Waals surface area contributed by atoms with Gasteiger partial charge in [0.15, 0.2) is 0 Å². The van der Waals surface area contributed by atoms with Crippen LogP contribution in [0.3, 0.4) is 0 Å². The van der Waals surface area contributed by atoms with Gasteiger partial charge in [0.05, 0.1) is 12.0 Å². The van der Waals surface area contributed by atoms with Crippen LogP contribution in [0.5, 0.6) is 0 Å². The molecule has 1 aromatic rings. The second-order valence-corrected chi connectivity index (χ2v) is 4.38. The molecule has 0 saturated carbocycles. The molecule has 0 saturated heterocycles. The number of aryl methyl sites for hydroxylation is 1. The average Bonchev–Trinajstić information content (AvgIpc) is 2.60. The van der Waals surface area contributed by atoms with E-state index >= 15 is 0 Å². The van der Waals surface area contributed by atoms with Crippen molar-refractivity contribution in [3.8, 4) is 0 Å². The number of aromatic nitrogens is 1. The third-order valence-corrected chi connectivity index (χ3v) is 2.61. The van der Waals surface area contributed by atoms with E-state index in [0.29, 0.717) is 13.1 Å². The molecule has 0 aromatic carbocycles. The maximum Gasteiger partial charge on any atom is 0.227 e. The molecule has 0 bridgehead atoms. The fourth-order valence-corrected chi connectivity index (χ4v) is 1.18. The lowest BCUT2D eigenvalue weighted by Gasteiger charge is -2.21. The first kappa shape index (κ1) is 11.8. The first-order valence-corrected chi connectivity index (χ1v) is 5.06. The number of hydrogen-bond donors (Lipinski definition) is 2. The molecular weight excluding hydrogens is 190 g/mol. The monoisotopic (exact) mass is 209 g/mol. The van der Waals surface area contributed by atoms with E-state index in [2.05, 4.69) is 5.32 Å². The van der Waals surface area contributed by atoms with Crippen LogP contribution < -0.4 is 11.1 Å². The molecule has 0 spiro atoms. The average molecular weight is 209 g/mol. The SMILES string of the molecule is Cn1cccc1CNC(=O)C(C)(C)CN. The number of nitrogens with two attached hydrogens (primary N) is 1. The van der Waals surface area contributed by atoms with Gasteiger partial charge in [-0.05, 0) is 26.0 Å². The van der Waals surface area contributed by atoms with E-state index in [1.165, 1.54) is 0 Å². The van der Waals surface area contributed by atoms with Crippen molar-refractivity contribution >= 4 is 5.91 Å². The maximum atomic E-state index is 11.7. The molecule has 0 fully saturated rings.